The van der Waals surface area contributed by atoms with Crippen LogP contribution in [0, 0.1) is 0 Å². The van der Waals surface area contributed by atoms with E-state index in [-0.39, 0.29) is 6.04 Å². The van der Waals surface area contributed by atoms with Crippen molar-refractivity contribution in [3.05, 3.63) is 42.5 Å². The zero-order chi connectivity index (χ0) is 14.4. The van der Waals surface area contributed by atoms with Gasteiger partial charge in [-0.2, -0.15) is 0 Å². The van der Waals surface area contributed by atoms with Gasteiger partial charge in [0.05, 0.1) is 5.52 Å². The fourth-order valence-corrected chi connectivity index (χ4v) is 2.45. The fourth-order valence-electron chi connectivity index (χ4n) is 2.45. The molecule has 0 saturated carbocycles. The van der Waals surface area contributed by atoms with E-state index in [1.54, 1.807) is 0 Å². The van der Waals surface area contributed by atoms with E-state index >= 15 is 0 Å². The van der Waals surface area contributed by atoms with Gasteiger partial charge in [-0.25, -0.2) is 9.67 Å². The Morgan fingerprint density at radius 3 is 2.71 bits per heavy atom. The van der Waals surface area contributed by atoms with Gasteiger partial charge in [0.25, 0.3) is 0 Å². The summed E-state index contributed by atoms with van der Waals surface area (Å²) >= 11 is 0. The second kappa shape index (κ2) is 4.41. The molecule has 0 unspecified atom stereocenters. The van der Waals surface area contributed by atoms with Crippen LogP contribution in [0.1, 0.15) is 19.9 Å². The van der Waals surface area contributed by atoms with Crippen molar-refractivity contribution in [3.8, 4) is 11.5 Å². The lowest BCUT2D eigenvalue weighted by atomic mass is 10.2. The Hall–Kier alpha value is -2.69. The number of nitrogens with zero attached hydrogens (tertiary/aromatic N) is 4. The number of fused-ring (bicyclic) bond motifs is 2. The zero-order valence-electron chi connectivity index (χ0n) is 11.8. The van der Waals surface area contributed by atoms with Crippen LogP contribution in [0.3, 0.4) is 0 Å². The van der Waals surface area contributed by atoms with E-state index in [9.17, 15) is 0 Å². The molecule has 4 rings (SSSR count). The lowest BCUT2D eigenvalue weighted by Crippen LogP contribution is -2.02. The number of benzene rings is 2. The van der Waals surface area contributed by atoms with E-state index in [4.69, 9.17) is 4.42 Å². The molecule has 0 aliphatic heterocycles. The summed E-state index contributed by atoms with van der Waals surface area (Å²) in [6, 6.07) is 14.0. The Morgan fingerprint density at radius 1 is 1.05 bits per heavy atom. The lowest BCUT2D eigenvalue weighted by Gasteiger charge is -2.04. The van der Waals surface area contributed by atoms with Gasteiger partial charge in [-0.15, -0.1) is 5.10 Å². The molecule has 4 aromatic rings. The molecule has 104 valence electrons. The molecule has 0 radical (unpaired) electrons. The summed E-state index contributed by atoms with van der Waals surface area (Å²) in [5.41, 5.74) is 4.43. The van der Waals surface area contributed by atoms with Crippen molar-refractivity contribution in [1.29, 1.82) is 0 Å². The molecule has 0 spiro atoms. The van der Waals surface area contributed by atoms with Gasteiger partial charge in [0.1, 0.15) is 11.0 Å². The van der Waals surface area contributed by atoms with E-state index < -0.39 is 0 Å². The van der Waals surface area contributed by atoms with E-state index in [1.807, 2.05) is 47.1 Å². The molecule has 2 heterocycles. The highest BCUT2D eigenvalue weighted by molar-refractivity contribution is 5.82. The fraction of sp³-hybridized carbons (Fsp3) is 0.188. The maximum absolute atomic E-state index is 5.79. The van der Waals surface area contributed by atoms with Gasteiger partial charge >= 0.3 is 0 Å². The number of hydrogen-bond donors (Lipinski definition) is 0. The van der Waals surface area contributed by atoms with Gasteiger partial charge < -0.3 is 4.42 Å². The van der Waals surface area contributed by atoms with Crippen molar-refractivity contribution in [2.45, 2.75) is 19.9 Å². The van der Waals surface area contributed by atoms with Crippen molar-refractivity contribution >= 4 is 22.1 Å². The lowest BCUT2D eigenvalue weighted by molar-refractivity contribution is 0.530. The van der Waals surface area contributed by atoms with Crippen molar-refractivity contribution in [2.75, 3.05) is 0 Å². The molecule has 21 heavy (non-hydrogen) atoms. The molecule has 5 nitrogen and oxygen atoms in total. The maximum atomic E-state index is 5.79. The maximum Gasteiger partial charge on any atom is 0.227 e. The minimum Gasteiger partial charge on any atom is -0.436 e. The van der Waals surface area contributed by atoms with Crippen LogP contribution < -0.4 is 0 Å². The second-order valence-electron chi connectivity index (χ2n) is 5.32. The molecule has 0 fully saturated rings. The van der Waals surface area contributed by atoms with Crippen molar-refractivity contribution < 1.29 is 4.42 Å². The molecule has 2 aromatic carbocycles. The van der Waals surface area contributed by atoms with Crippen LogP contribution >= 0.6 is 0 Å². The average Bonchev–Trinajstić information content (AvgIpc) is 3.10. The second-order valence-corrected chi connectivity index (χ2v) is 5.32. The van der Waals surface area contributed by atoms with Crippen molar-refractivity contribution in [3.63, 3.8) is 0 Å². The molecular weight excluding hydrogens is 264 g/mol. The summed E-state index contributed by atoms with van der Waals surface area (Å²) in [6.07, 6.45) is 0. The smallest absolute Gasteiger partial charge is 0.227 e. The van der Waals surface area contributed by atoms with Gasteiger partial charge in [0.2, 0.25) is 5.89 Å². The molecule has 0 aliphatic rings. The molecule has 0 atom stereocenters. The Bertz CT molecular complexity index is 903. The average molecular weight is 278 g/mol. The predicted molar refractivity (Wildman–Crippen MR) is 80.9 cm³/mol. The van der Waals surface area contributed by atoms with Crippen LogP contribution in [0.15, 0.2) is 46.9 Å². The number of hydrogen-bond acceptors (Lipinski definition) is 4. The van der Waals surface area contributed by atoms with Gasteiger partial charge in [-0.05, 0) is 44.2 Å². The molecule has 0 aliphatic carbocycles. The first-order chi connectivity index (χ1) is 10.2. The van der Waals surface area contributed by atoms with Crippen LogP contribution in [-0.4, -0.2) is 20.0 Å². The van der Waals surface area contributed by atoms with Gasteiger partial charge in [0.15, 0.2) is 5.58 Å². The van der Waals surface area contributed by atoms with Crippen LogP contribution in [-0.2, 0) is 0 Å². The van der Waals surface area contributed by atoms with Crippen molar-refractivity contribution in [2.24, 2.45) is 0 Å². The van der Waals surface area contributed by atoms with E-state index in [1.165, 1.54) is 0 Å². The first-order valence-electron chi connectivity index (χ1n) is 6.93. The third-order valence-corrected chi connectivity index (χ3v) is 3.50. The number of rotatable bonds is 2. The standard InChI is InChI=1S/C16H14N4O/c1-10(2)20-14-8-7-11(9-13(14)18-19-20)16-17-12-5-3-4-6-15(12)21-16/h3-10H,1-2H3. The largest absolute Gasteiger partial charge is 0.436 e. The highest BCUT2D eigenvalue weighted by Gasteiger charge is 2.12. The highest BCUT2D eigenvalue weighted by Crippen LogP contribution is 2.27. The highest BCUT2D eigenvalue weighted by atomic mass is 16.3. The predicted octanol–water partition coefficient (Wildman–Crippen LogP) is 3.82. The quantitative estimate of drug-likeness (QED) is 0.559. The summed E-state index contributed by atoms with van der Waals surface area (Å²) < 4.78 is 7.70. The first-order valence-corrected chi connectivity index (χ1v) is 6.93. The minimum absolute atomic E-state index is 0.283. The monoisotopic (exact) mass is 278 g/mol. The van der Waals surface area contributed by atoms with Gasteiger partial charge in [-0.1, -0.05) is 17.3 Å². The number of para-hydroxylation sites is 2. The summed E-state index contributed by atoms with van der Waals surface area (Å²) in [5.74, 6) is 0.609. The SMILES string of the molecule is CC(C)n1nnc2cc(-c3nc4ccccc4o3)ccc21. The van der Waals surface area contributed by atoms with Crippen LogP contribution in [0.2, 0.25) is 0 Å². The molecule has 0 saturated heterocycles. The van der Waals surface area contributed by atoms with Crippen LogP contribution in [0.4, 0.5) is 0 Å². The van der Waals surface area contributed by atoms with Crippen LogP contribution in [0.25, 0.3) is 33.6 Å². The topological polar surface area (TPSA) is 56.7 Å². The molecule has 2 aromatic heterocycles. The molecule has 5 heteroatoms. The third kappa shape index (κ3) is 1.89. The van der Waals surface area contributed by atoms with Crippen LogP contribution in [0.5, 0.6) is 0 Å². The minimum atomic E-state index is 0.283. The zero-order valence-corrected chi connectivity index (χ0v) is 11.8. The Kier molecular flexibility index (Phi) is 2.54. The van der Waals surface area contributed by atoms with E-state index in [2.05, 4.69) is 29.1 Å². The molecule has 0 amide bonds. The summed E-state index contributed by atoms with van der Waals surface area (Å²) in [4.78, 5) is 4.51. The first kappa shape index (κ1) is 12.1. The van der Waals surface area contributed by atoms with E-state index in [0.717, 1.165) is 27.7 Å². The Morgan fingerprint density at radius 2 is 1.90 bits per heavy atom. The normalized spacial score (nSPS) is 11.8. The van der Waals surface area contributed by atoms with Gasteiger partial charge in [0, 0.05) is 11.6 Å². The van der Waals surface area contributed by atoms with Gasteiger partial charge in [-0.3, -0.25) is 0 Å². The summed E-state index contributed by atoms with van der Waals surface area (Å²) in [7, 11) is 0. The number of oxazole rings is 1. The summed E-state index contributed by atoms with van der Waals surface area (Å²) in [5, 5.41) is 8.41. The Labute approximate surface area is 121 Å². The third-order valence-electron chi connectivity index (χ3n) is 3.50. The molecular formula is C16H14N4O. The van der Waals surface area contributed by atoms with Crippen molar-refractivity contribution in [1.82, 2.24) is 20.0 Å². The number of aromatic nitrogens is 4. The Balaban J connectivity index is 1.86. The molecule has 0 N–H and O–H groups in total. The molecule has 0 bridgehead atoms. The van der Waals surface area contributed by atoms with E-state index in [0.29, 0.717) is 5.89 Å². The summed E-state index contributed by atoms with van der Waals surface area (Å²) in [6.45, 7) is 4.17.